The normalized spacial score (nSPS) is 17.2. The Kier molecular flexibility index (Phi) is 5.22. The summed E-state index contributed by atoms with van der Waals surface area (Å²) in [6.07, 6.45) is 3.42. The molecule has 0 saturated carbocycles. The van der Waals surface area contributed by atoms with Gasteiger partial charge in [0, 0.05) is 29.4 Å². The van der Waals surface area contributed by atoms with Gasteiger partial charge in [-0.25, -0.2) is 4.68 Å². The van der Waals surface area contributed by atoms with E-state index >= 15 is 0 Å². The first kappa shape index (κ1) is 20.6. The van der Waals surface area contributed by atoms with Gasteiger partial charge in [-0.1, -0.05) is 42.0 Å². The molecule has 5 rings (SSSR count). The molecule has 0 fully saturated rings. The van der Waals surface area contributed by atoms with Gasteiger partial charge in [0.15, 0.2) is 0 Å². The van der Waals surface area contributed by atoms with Crippen LogP contribution in [0, 0.1) is 13.8 Å². The molecule has 1 aliphatic heterocycles. The Morgan fingerprint density at radius 1 is 1.03 bits per heavy atom. The van der Waals surface area contributed by atoms with Gasteiger partial charge in [-0.3, -0.25) is 14.6 Å². The van der Waals surface area contributed by atoms with E-state index in [2.05, 4.69) is 15.6 Å². The van der Waals surface area contributed by atoms with Crippen LogP contribution in [-0.2, 0) is 4.79 Å². The van der Waals surface area contributed by atoms with Crippen molar-refractivity contribution in [2.45, 2.75) is 25.8 Å². The molecule has 0 radical (unpaired) electrons. The predicted molar refractivity (Wildman–Crippen MR) is 125 cm³/mol. The number of hydrogen-bond donors (Lipinski definition) is 2. The highest BCUT2D eigenvalue weighted by Gasteiger charge is 2.42. The van der Waals surface area contributed by atoms with Gasteiger partial charge in [0.05, 0.1) is 11.4 Å². The van der Waals surface area contributed by atoms with Gasteiger partial charge < -0.3 is 10.6 Å². The second-order valence-electron chi connectivity index (χ2n) is 8.17. The number of aryl methyl sites for hydroxylation is 2. The first-order valence-electron chi connectivity index (χ1n) is 10.8. The molecule has 2 aromatic heterocycles. The lowest BCUT2D eigenvalue weighted by Gasteiger charge is -2.32. The third-order valence-electron chi connectivity index (χ3n) is 5.89. The largest absolute Gasteiger partial charge is 0.339 e. The van der Waals surface area contributed by atoms with E-state index in [1.54, 1.807) is 29.2 Å². The van der Waals surface area contributed by atoms with Gasteiger partial charge in [0.1, 0.15) is 11.9 Å². The monoisotopic (exact) mass is 437 g/mol. The number of fused-ring (bicyclic) bond motifs is 1. The van der Waals surface area contributed by atoms with Crippen molar-refractivity contribution in [1.29, 1.82) is 0 Å². The van der Waals surface area contributed by atoms with E-state index in [0.717, 1.165) is 28.1 Å². The van der Waals surface area contributed by atoms with Crippen LogP contribution >= 0.6 is 0 Å². The van der Waals surface area contributed by atoms with E-state index in [1.165, 1.54) is 0 Å². The molecular formula is C26H23N5O2. The number of nitrogens with one attached hydrogen (secondary N) is 2. The van der Waals surface area contributed by atoms with Gasteiger partial charge in [-0.2, -0.15) is 5.10 Å². The second-order valence-corrected chi connectivity index (χ2v) is 8.17. The molecule has 2 N–H and O–H groups in total. The summed E-state index contributed by atoms with van der Waals surface area (Å²) in [5.41, 5.74) is 4.80. The van der Waals surface area contributed by atoms with E-state index < -0.39 is 12.0 Å². The highest BCUT2D eigenvalue weighted by molar-refractivity contribution is 6.04. The number of carbonyl (C=O) groups is 2. The molecule has 0 saturated heterocycles. The highest BCUT2D eigenvalue weighted by Crippen LogP contribution is 2.40. The van der Waals surface area contributed by atoms with Gasteiger partial charge in [0.25, 0.3) is 5.91 Å². The third kappa shape index (κ3) is 3.78. The molecule has 33 heavy (non-hydrogen) atoms. The fourth-order valence-electron chi connectivity index (χ4n) is 4.38. The summed E-state index contributed by atoms with van der Waals surface area (Å²) < 4.78 is 1.74. The zero-order valence-corrected chi connectivity index (χ0v) is 18.3. The minimum absolute atomic E-state index is 0.297. The minimum atomic E-state index is -0.818. The fourth-order valence-corrected chi connectivity index (χ4v) is 4.38. The van der Waals surface area contributed by atoms with Crippen LogP contribution in [0.5, 0.6) is 0 Å². The Bertz CT molecular complexity index is 1330. The number of carbonyl (C=O) groups excluding carboxylic acids is 2. The zero-order valence-electron chi connectivity index (χ0n) is 18.3. The topological polar surface area (TPSA) is 88.9 Å². The number of anilines is 1. The molecular weight excluding hydrogens is 414 g/mol. The number of aromatic nitrogens is 3. The molecule has 0 unspecified atom stereocenters. The number of nitrogens with zero attached hydrogens (tertiary/aromatic N) is 3. The van der Waals surface area contributed by atoms with Crippen molar-refractivity contribution in [2.24, 2.45) is 0 Å². The molecule has 2 aromatic carbocycles. The van der Waals surface area contributed by atoms with Crippen molar-refractivity contribution < 1.29 is 9.59 Å². The van der Waals surface area contributed by atoms with Crippen molar-refractivity contribution in [3.05, 3.63) is 107 Å². The number of para-hydroxylation sites is 1. The molecule has 7 heteroatoms. The second kappa shape index (κ2) is 8.35. The van der Waals surface area contributed by atoms with E-state index in [-0.39, 0.29) is 11.8 Å². The molecule has 7 nitrogen and oxygen atoms in total. The Balaban J connectivity index is 1.61. The molecule has 0 bridgehead atoms. The lowest BCUT2D eigenvalue weighted by molar-refractivity contribution is -0.118. The molecule has 0 aliphatic carbocycles. The van der Waals surface area contributed by atoms with Gasteiger partial charge >= 0.3 is 0 Å². The Labute approximate surface area is 191 Å². The molecule has 3 heterocycles. The summed E-state index contributed by atoms with van der Waals surface area (Å²) in [6.45, 7) is 3.84. The lowest BCUT2D eigenvalue weighted by Crippen LogP contribution is -2.50. The molecule has 2 amide bonds. The van der Waals surface area contributed by atoms with Gasteiger partial charge in [-0.05, 0) is 49.7 Å². The minimum Gasteiger partial charge on any atom is -0.339 e. The average Bonchev–Trinajstić information content (AvgIpc) is 3.16. The summed E-state index contributed by atoms with van der Waals surface area (Å²) >= 11 is 0. The quantitative estimate of drug-likeness (QED) is 0.509. The molecule has 0 spiro atoms. The first-order chi connectivity index (χ1) is 16.0. The number of amides is 2. The molecule has 1 aliphatic rings. The van der Waals surface area contributed by atoms with E-state index in [4.69, 9.17) is 5.10 Å². The van der Waals surface area contributed by atoms with Crippen molar-refractivity contribution in [3.63, 3.8) is 0 Å². The number of hydrogen-bond acceptors (Lipinski definition) is 4. The predicted octanol–water partition coefficient (Wildman–Crippen LogP) is 3.77. The summed E-state index contributed by atoms with van der Waals surface area (Å²) in [5.74, 6) is -0.425. The van der Waals surface area contributed by atoms with Crippen LogP contribution < -0.4 is 10.6 Å². The van der Waals surface area contributed by atoms with E-state index in [9.17, 15) is 9.59 Å². The van der Waals surface area contributed by atoms with Crippen molar-refractivity contribution in [3.8, 4) is 5.69 Å². The third-order valence-corrected chi connectivity index (χ3v) is 5.89. The van der Waals surface area contributed by atoms with Crippen LogP contribution in [0.1, 0.15) is 38.7 Å². The summed E-state index contributed by atoms with van der Waals surface area (Å²) in [6, 6.07) is 19.9. The van der Waals surface area contributed by atoms with Crippen molar-refractivity contribution in [2.75, 3.05) is 5.32 Å². The molecule has 4 aromatic rings. The van der Waals surface area contributed by atoms with Crippen LogP contribution in [0.2, 0.25) is 0 Å². The van der Waals surface area contributed by atoms with Gasteiger partial charge in [0.2, 0.25) is 5.91 Å². The molecule has 164 valence electrons. The maximum absolute atomic E-state index is 13.4. The number of pyridine rings is 1. The molecule has 2 atom stereocenters. The maximum atomic E-state index is 13.4. The lowest BCUT2D eigenvalue weighted by atomic mass is 9.82. The van der Waals surface area contributed by atoms with Crippen LogP contribution in [0.25, 0.3) is 5.69 Å². The van der Waals surface area contributed by atoms with Crippen molar-refractivity contribution >= 4 is 17.6 Å². The first-order valence-corrected chi connectivity index (χ1v) is 10.8. The highest BCUT2D eigenvalue weighted by atomic mass is 16.2. The van der Waals surface area contributed by atoms with E-state index in [0.29, 0.717) is 11.4 Å². The summed E-state index contributed by atoms with van der Waals surface area (Å²) in [7, 11) is 0. The van der Waals surface area contributed by atoms with Gasteiger partial charge in [-0.15, -0.1) is 0 Å². The van der Waals surface area contributed by atoms with Crippen LogP contribution in [0.4, 0.5) is 5.82 Å². The smallest absolute Gasteiger partial charge is 0.251 e. The van der Waals surface area contributed by atoms with Crippen molar-refractivity contribution in [1.82, 2.24) is 20.1 Å². The zero-order chi connectivity index (χ0) is 22.9. The van der Waals surface area contributed by atoms with E-state index in [1.807, 2.05) is 68.4 Å². The summed E-state index contributed by atoms with van der Waals surface area (Å²) in [4.78, 5) is 30.7. The van der Waals surface area contributed by atoms with Crippen LogP contribution in [-0.4, -0.2) is 32.6 Å². The van der Waals surface area contributed by atoms with Crippen LogP contribution in [0.15, 0.2) is 79.1 Å². The summed E-state index contributed by atoms with van der Waals surface area (Å²) in [5, 5.41) is 10.7. The number of rotatable bonds is 4. The van der Waals surface area contributed by atoms with Crippen LogP contribution in [0.3, 0.4) is 0 Å². The average molecular weight is 438 g/mol. The SMILES string of the molecule is Cc1cccc(C(=O)N[C@H]2C(=O)Nc3c(c(C)nn3-c3ccccc3)[C@@H]2c2cccnc2)c1. The maximum Gasteiger partial charge on any atom is 0.251 e. The number of benzene rings is 2. The fraction of sp³-hybridized carbons (Fsp3) is 0.154. The standard InChI is InChI=1S/C26H23N5O2/c1-16-8-6-9-18(14-16)25(32)28-23-22(19-10-7-13-27-15-19)21-17(2)30-31(24(21)29-26(23)33)20-11-4-3-5-12-20/h3-15,22-23H,1-2H3,(H,28,32)(H,29,33)/t22-,23+/m0/s1. The Hall–Kier alpha value is -4.26. The Morgan fingerprint density at radius 2 is 1.85 bits per heavy atom. The Morgan fingerprint density at radius 3 is 2.58 bits per heavy atom.